The molecule has 1 saturated heterocycles. The Bertz CT molecular complexity index is 549. The first-order valence-electron chi connectivity index (χ1n) is 8.80. The molecule has 0 bridgehead atoms. The van der Waals surface area contributed by atoms with Crippen molar-refractivity contribution in [2.75, 3.05) is 19.8 Å². The Labute approximate surface area is 156 Å². The van der Waals surface area contributed by atoms with Crippen LogP contribution in [0.2, 0.25) is 0 Å². The Morgan fingerprint density at radius 2 is 1.63 bits per heavy atom. The summed E-state index contributed by atoms with van der Waals surface area (Å²) in [5.41, 5.74) is 0. The minimum absolute atomic E-state index is 0.409. The fourth-order valence-electron chi connectivity index (χ4n) is 2.61. The summed E-state index contributed by atoms with van der Waals surface area (Å²) in [6.45, 7) is 2.50. The van der Waals surface area contributed by atoms with Gasteiger partial charge in [0, 0.05) is 0 Å². The molecule has 1 heterocycles. The van der Waals surface area contributed by atoms with Crippen molar-refractivity contribution in [2.24, 2.45) is 5.92 Å². The average molecular weight is 388 g/mol. The number of amides is 3. The van der Waals surface area contributed by atoms with Gasteiger partial charge in [-0.25, -0.2) is 4.79 Å². The summed E-state index contributed by atoms with van der Waals surface area (Å²) in [7, 11) is 0. The largest absolute Gasteiger partial charge is 0.480 e. The molecule has 7 N–H and O–H groups in total. The lowest BCUT2D eigenvalue weighted by molar-refractivity contribution is -0.143. The lowest BCUT2D eigenvalue weighted by atomic mass is 10.0. The van der Waals surface area contributed by atoms with Crippen LogP contribution in [-0.4, -0.2) is 82.9 Å². The smallest absolute Gasteiger partial charge is 0.328 e. The van der Waals surface area contributed by atoms with Crippen molar-refractivity contribution in [3.8, 4) is 0 Å². The normalized spacial score (nSPS) is 19.8. The van der Waals surface area contributed by atoms with E-state index in [4.69, 9.17) is 10.2 Å². The molecule has 1 fully saturated rings. The van der Waals surface area contributed by atoms with Gasteiger partial charge < -0.3 is 36.6 Å². The lowest BCUT2D eigenvalue weighted by Gasteiger charge is -2.26. The molecule has 11 heteroatoms. The molecule has 1 aliphatic heterocycles. The maximum atomic E-state index is 12.4. The van der Waals surface area contributed by atoms with Gasteiger partial charge in [-0.15, -0.1) is 0 Å². The molecule has 0 spiro atoms. The van der Waals surface area contributed by atoms with Crippen LogP contribution in [0.25, 0.3) is 0 Å². The minimum atomic E-state index is -1.50. The van der Waals surface area contributed by atoms with Crippen molar-refractivity contribution in [2.45, 2.75) is 50.9 Å². The third-order valence-corrected chi connectivity index (χ3v) is 4.24. The predicted octanol–water partition coefficient (Wildman–Crippen LogP) is -3.08. The number of rotatable bonds is 10. The van der Waals surface area contributed by atoms with E-state index in [1.165, 1.54) is 0 Å². The number of aliphatic hydroxyl groups is 2. The van der Waals surface area contributed by atoms with Gasteiger partial charge in [-0.2, -0.15) is 0 Å². The van der Waals surface area contributed by atoms with Gasteiger partial charge in [0.05, 0.1) is 19.3 Å². The molecular weight excluding hydrogens is 360 g/mol. The number of aliphatic hydroxyl groups excluding tert-OH is 2. The molecule has 0 saturated carbocycles. The molecule has 0 aromatic heterocycles. The van der Waals surface area contributed by atoms with Gasteiger partial charge in [-0.1, -0.05) is 13.8 Å². The first kappa shape index (κ1) is 22.8. The third kappa shape index (κ3) is 6.77. The lowest BCUT2D eigenvalue weighted by Crippen LogP contribution is -2.59. The van der Waals surface area contributed by atoms with E-state index >= 15 is 0 Å². The molecule has 4 atom stereocenters. The fourth-order valence-corrected chi connectivity index (χ4v) is 2.61. The summed E-state index contributed by atoms with van der Waals surface area (Å²) < 4.78 is 0. The molecule has 11 nitrogen and oxygen atoms in total. The second kappa shape index (κ2) is 10.8. The molecule has 27 heavy (non-hydrogen) atoms. The van der Waals surface area contributed by atoms with Crippen LogP contribution in [0, 0.1) is 5.92 Å². The number of nitrogens with one attached hydrogen (secondary N) is 4. The zero-order valence-electron chi connectivity index (χ0n) is 15.4. The highest BCUT2D eigenvalue weighted by atomic mass is 16.4. The Hall–Kier alpha value is -2.24. The van der Waals surface area contributed by atoms with Crippen molar-refractivity contribution in [1.29, 1.82) is 0 Å². The van der Waals surface area contributed by atoms with E-state index in [1.54, 1.807) is 13.8 Å². The van der Waals surface area contributed by atoms with Crippen LogP contribution in [0.4, 0.5) is 0 Å². The topological polar surface area (TPSA) is 177 Å². The molecule has 1 aliphatic rings. The van der Waals surface area contributed by atoms with Crippen LogP contribution >= 0.6 is 0 Å². The van der Waals surface area contributed by atoms with Crippen LogP contribution in [0.5, 0.6) is 0 Å². The van der Waals surface area contributed by atoms with Crippen molar-refractivity contribution in [1.82, 2.24) is 21.3 Å². The highest BCUT2D eigenvalue weighted by Crippen LogP contribution is 2.06. The van der Waals surface area contributed by atoms with Gasteiger partial charge in [0.15, 0.2) is 0 Å². The van der Waals surface area contributed by atoms with E-state index in [2.05, 4.69) is 21.3 Å². The van der Waals surface area contributed by atoms with Crippen LogP contribution in [0.3, 0.4) is 0 Å². The number of carboxylic acids is 1. The quantitative estimate of drug-likeness (QED) is 0.206. The predicted molar refractivity (Wildman–Crippen MR) is 93.5 cm³/mol. The molecular formula is C16H28N4O7. The molecule has 0 aromatic rings. The third-order valence-electron chi connectivity index (χ3n) is 4.24. The Morgan fingerprint density at radius 3 is 2.07 bits per heavy atom. The molecule has 154 valence electrons. The zero-order chi connectivity index (χ0) is 20.6. The average Bonchev–Trinajstić information content (AvgIpc) is 3.15. The number of carbonyl (C=O) groups excluding carboxylic acids is 3. The molecule has 0 unspecified atom stereocenters. The Balaban J connectivity index is 2.72. The first-order valence-corrected chi connectivity index (χ1v) is 8.80. The summed E-state index contributed by atoms with van der Waals surface area (Å²) in [5, 5.41) is 37.3. The second-order valence-electron chi connectivity index (χ2n) is 6.70. The van der Waals surface area contributed by atoms with E-state index in [0.29, 0.717) is 13.0 Å². The maximum Gasteiger partial charge on any atom is 0.328 e. The van der Waals surface area contributed by atoms with Crippen LogP contribution < -0.4 is 21.3 Å². The highest BCUT2D eigenvalue weighted by molar-refractivity contribution is 5.94. The monoisotopic (exact) mass is 388 g/mol. The highest BCUT2D eigenvalue weighted by Gasteiger charge is 2.32. The van der Waals surface area contributed by atoms with Crippen molar-refractivity contribution in [3.63, 3.8) is 0 Å². The number of hydrogen-bond donors (Lipinski definition) is 7. The van der Waals surface area contributed by atoms with Gasteiger partial charge in [0.2, 0.25) is 17.7 Å². The first-order chi connectivity index (χ1) is 12.7. The SMILES string of the molecule is CC(C)[C@H](NC(=O)[C@H](CO)NC(=O)[C@@H]1CCCN1)C(=O)N[C@@H](CO)C(=O)O. The number of carboxylic acid groups (broad SMARTS) is 1. The summed E-state index contributed by atoms with van der Waals surface area (Å²) in [5.74, 6) is -3.80. The Kier molecular flexibility index (Phi) is 9.12. The van der Waals surface area contributed by atoms with Gasteiger partial charge in [-0.05, 0) is 25.3 Å². The van der Waals surface area contributed by atoms with Gasteiger partial charge >= 0.3 is 5.97 Å². The van der Waals surface area contributed by atoms with Gasteiger partial charge in [-0.3, -0.25) is 14.4 Å². The van der Waals surface area contributed by atoms with Gasteiger partial charge in [0.25, 0.3) is 0 Å². The summed E-state index contributed by atoms with van der Waals surface area (Å²) in [6.07, 6.45) is 1.46. The molecule has 1 rings (SSSR count). The van der Waals surface area contributed by atoms with E-state index in [-0.39, 0.29) is 0 Å². The van der Waals surface area contributed by atoms with E-state index in [9.17, 15) is 24.3 Å². The summed E-state index contributed by atoms with van der Waals surface area (Å²) in [6, 6.07) is -4.29. The van der Waals surface area contributed by atoms with Gasteiger partial charge in [0.1, 0.15) is 18.1 Å². The number of carbonyl (C=O) groups is 4. The molecule has 3 amide bonds. The standard InChI is InChI=1S/C16H28N4O7/c1-8(2)12(15(25)19-11(7-22)16(26)27)20-14(24)10(6-21)18-13(23)9-4-3-5-17-9/h8-12,17,21-22H,3-7H2,1-2H3,(H,18,23)(H,19,25)(H,20,24)(H,26,27)/t9-,10-,11-,12-/m0/s1. The van der Waals surface area contributed by atoms with Crippen molar-refractivity contribution in [3.05, 3.63) is 0 Å². The van der Waals surface area contributed by atoms with Crippen LogP contribution in [-0.2, 0) is 19.2 Å². The fraction of sp³-hybridized carbons (Fsp3) is 0.750. The molecule has 0 radical (unpaired) electrons. The van der Waals surface area contributed by atoms with E-state index in [0.717, 1.165) is 6.42 Å². The van der Waals surface area contributed by atoms with Crippen LogP contribution in [0.15, 0.2) is 0 Å². The Morgan fingerprint density at radius 1 is 1.00 bits per heavy atom. The number of hydrogen-bond acceptors (Lipinski definition) is 7. The molecule has 0 aliphatic carbocycles. The van der Waals surface area contributed by atoms with E-state index in [1.807, 2.05) is 0 Å². The van der Waals surface area contributed by atoms with Crippen molar-refractivity contribution >= 4 is 23.7 Å². The molecule has 0 aromatic carbocycles. The summed E-state index contributed by atoms with van der Waals surface area (Å²) >= 11 is 0. The van der Waals surface area contributed by atoms with E-state index < -0.39 is 67.0 Å². The summed E-state index contributed by atoms with van der Waals surface area (Å²) in [4.78, 5) is 47.7. The van der Waals surface area contributed by atoms with Crippen LogP contribution in [0.1, 0.15) is 26.7 Å². The zero-order valence-corrected chi connectivity index (χ0v) is 15.4. The number of aliphatic carboxylic acids is 1. The minimum Gasteiger partial charge on any atom is -0.480 e. The second-order valence-corrected chi connectivity index (χ2v) is 6.70. The maximum absolute atomic E-state index is 12.4. The van der Waals surface area contributed by atoms with Crippen molar-refractivity contribution < 1.29 is 34.5 Å².